The van der Waals surface area contributed by atoms with Gasteiger partial charge in [-0.1, -0.05) is 0 Å². The van der Waals surface area contributed by atoms with Gasteiger partial charge >= 0.3 is 0 Å². The van der Waals surface area contributed by atoms with Gasteiger partial charge in [0, 0.05) is 12.4 Å². The molecule has 0 atom stereocenters. The number of nitrogens with zero attached hydrogens (tertiary/aromatic N) is 4. The normalized spacial score (nSPS) is 10.7. The van der Waals surface area contributed by atoms with Crippen LogP contribution in [-0.2, 0) is 0 Å². The van der Waals surface area contributed by atoms with Gasteiger partial charge in [-0.25, -0.2) is 9.50 Å². The maximum Gasteiger partial charge on any atom is 0.260 e. The number of fused-ring (bicyclic) bond motifs is 1. The molecule has 0 aromatic carbocycles. The molecule has 3 aromatic rings. The fraction of sp³-hybridized carbons (Fsp3) is 0.0769. The van der Waals surface area contributed by atoms with Crippen LogP contribution < -0.4 is 11.1 Å². The first-order chi connectivity index (χ1) is 9.65. The Labute approximate surface area is 114 Å². The maximum absolute atomic E-state index is 12.2. The molecule has 7 heteroatoms. The maximum atomic E-state index is 12.2. The Balaban J connectivity index is 1.91. The van der Waals surface area contributed by atoms with E-state index in [0.29, 0.717) is 22.6 Å². The number of carbonyl (C=O) groups is 1. The molecule has 0 spiro atoms. The first kappa shape index (κ1) is 12.1. The molecule has 1 amide bonds. The van der Waals surface area contributed by atoms with Gasteiger partial charge in [-0.2, -0.15) is 5.10 Å². The number of amides is 1. The predicted molar refractivity (Wildman–Crippen MR) is 74.3 cm³/mol. The summed E-state index contributed by atoms with van der Waals surface area (Å²) in [6.07, 6.45) is 7.88. The summed E-state index contributed by atoms with van der Waals surface area (Å²) in [4.78, 5) is 20.3. The van der Waals surface area contributed by atoms with Crippen LogP contribution in [0.4, 0.5) is 11.5 Å². The van der Waals surface area contributed by atoms with E-state index in [4.69, 9.17) is 5.73 Å². The lowest BCUT2D eigenvalue weighted by Gasteiger charge is -2.05. The largest absolute Gasteiger partial charge is 0.397 e. The van der Waals surface area contributed by atoms with Crippen molar-refractivity contribution in [2.45, 2.75) is 6.92 Å². The first-order valence-corrected chi connectivity index (χ1v) is 5.96. The van der Waals surface area contributed by atoms with Gasteiger partial charge in [-0.3, -0.25) is 9.78 Å². The molecule has 0 aliphatic carbocycles. The first-order valence-electron chi connectivity index (χ1n) is 5.96. The Bertz CT molecular complexity index is 794. The number of nitrogen functional groups attached to an aromatic ring is 1. The zero-order valence-corrected chi connectivity index (χ0v) is 10.7. The van der Waals surface area contributed by atoms with Crippen LogP contribution in [0.3, 0.4) is 0 Å². The Morgan fingerprint density at radius 3 is 3.00 bits per heavy atom. The Morgan fingerprint density at radius 2 is 2.20 bits per heavy atom. The number of anilines is 2. The van der Waals surface area contributed by atoms with E-state index >= 15 is 0 Å². The van der Waals surface area contributed by atoms with Crippen molar-refractivity contribution in [1.82, 2.24) is 19.6 Å². The average Bonchev–Trinajstić information content (AvgIpc) is 2.87. The van der Waals surface area contributed by atoms with Crippen molar-refractivity contribution in [2.24, 2.45) is 0 Å². The number of hydrogen-bond donors (Lipinski definition) is 2. The Kier molecular flexibility index (Phi) is 2.79. The van der Waals surface area contributed by atoms with E-state index in [1.54, 1.807) is 29.2 Å². The number of pyridine rings is 1. The highest BCUT2D eigenvalue weighted by Gasteiger charge is 2.13. The third-order valence-electron chi connectivity index (χ3n) is 2.96. The number of rotatable bonds is 2. The molecule has 0 bridgehead atoms. The highest BCUT2D eigenvalue weighted by atomic mass is 16.1. The van der Waals surface area contributed by atoms with Crippen molar-refractivity contribution in [1.29, 1.82) is 0 Å². The molecule has 7 nitrogen and oxygen atoms in total. The smallest absolute Gasteiger partial charge is 0.260 e. The quantitative estimate of drug-likeness (QED) is 0.729. The molecule has 0 saturated heterocycles. The molecule has 3 heterocycles. The summed E-state index contributed by atoms with van der Waals surface area (Å²) >= 11 is 0. The topological polar surface area (TPSA) is 98.2 Å². The SMILES string of the molecule is Cc1cc(NC(=O)c2cnn3ccncc23)ncc1N. The van der Waals surface area contributed by atoms with Crippen molar-refractivity contribution in [3.05, 3.63) is 48.2 Å². The van der Waals surface area contributed by atoms with E-state index in [1.165, 1.54) is 12.4 Å². The second-order valence-electron chi connectivity index (χ2n) is 4.34. The minimum absolute atomic E-state index is 0.287. The van der Waals surface area contributed by atoms with Crippen LogP contribution >= 0.6 is 0 Å². The van der Waals surface area contributed by atoms with E-state index < -0.39 is 0 Å². The van der Waals surface area contributed by atoms with Crippen molar-refractivity contribution in [3.8, 4) is 0 Å². The summed E-state index contributed by atoms with van der Waals surface area (Å²) in [6.45, 7) is 1.85. The van der Waals surface area contributed by atoms with E-state index in [2.05, 4.69) is 20.4 Å². The molecule has 0 fully saturated rings. The van der Waals surface area contributed by atoms with Gasteiger partial charge in [0.1, 0.15) is 5.82 Å². The monoisotopic (exact) mass is 268 g/mol. The minimum Gasteiger partial charge on any atom is -0.397 e. The average molecular weight is 268 g/mol. The lowest BCUT2D eigenvalue weighted by Crippen LogP contribution is -2.13. The standard InChI is InChI=1S/C13H12N6O/c1-8-4-12(16-6-10(8)14)18-13(20)9-5-17-19-3-2-15-7-11(9)19/h2-7H,14H2,1H3,(H,16,18,20). The number of nitrogens with two attached hydrogens (primary N) is 1. The second kappa shape index (κ2) is 4.61. The zero-order chi connectivity index (χ0) is 14.1. The fourth-order valence-corrected chi connectivity index (χ4v) is 1.83. The van der Waals surface area contributed by atoms with Crippen LogP contribution in [0.2, 0.25) is 0 Å². The molecule has 20 heavy (non-hydrogen) atoms. The Hall–Kier alpha value is -2.96. The fourth-order valence-electron chi connectivity index (χ4n) is 1.83. The summed E-state index contributed by atoms with van der Waals surface area (Å²) in [6, 6.07) is 1.72. The summed E-state index contributed by atoms with van der Waals surface area (Å²) in [5.74, 6) is 0.162. The van der Waals surface area contributed by atoms with Crippen molar-refractivity contribution < 1.29 is 4.79 Å². The Morgan fingerprint density at radius 1 is 1.35 bits per heavy atom. The van der Waals surface area contributed by atoms with Gasteiger partial charge in [0.15, 0.2) is 0 Å². The molecule has 0 radical (unpaired) electrons. The molecular formula is C13H12N6O. The molecule has 100 valence electrons. The molecule has 3 rings (SSSR count). The van der Waals surface area contributed by atoms with Gasteiger partial charge in [0.25, 0.3) is 5.91 Å². The van der Waals surface area contributed by atoms with Crippen LogP contribution in [0.1, 0.15) is 15.9 Å². The third kappa shape index (κ3) is 2.05. The van der Waals surface area contributed by atoms with E-state index in [-0.39, 0.29) is 5.91 Å². The molecule has 0 unspecified atom stereocenters. The summed E-state index contributed by atoms with van der Waals surface area (Å²) in [5.41, 5.74) is 8.21. The second-order valence-corrected chi connectivity index (χ2v) is 4.34. The summed E-state index contributed by atoms with van der Waals surface area (Å²) in [7, 11) is 0. The van der Waals surface area contributed by atoms with E-state index in [9.17, 15) is 4.79 Å². The van der Waals surface area contributed by atoms with Gasteiger partial charge in [0.05, 0.1) is 35.4 Å². The van der Waals surface area contributed by atoms with Crippen molar-refractivity contribution >= 4 is 22.9 Å². The highest BCUT2D eigenvalue weighted by molar-refractivity contribution is 6.08. The molecule has 0 saturated carbocycles. The molecular weight excluding hydrogens is 256 g/mol. The number of aromatic nitrogens is 4. The minimum atomic E-state index is -0.287. The molecule has 3 N–H and O–H groups in total. The molecule has 0 aliphatic rings. The third-order valence-corrected chi connectivity index (χ3v) is 2.96. The zero-order valence-electron chi connectivity index (χ0n) is 10.7. The lowest BCUT2D eigenvalue weighted by molar-refractivity contribution is 0.102. The van der Waals surface area contributed by atoms with Gasteiger partial charge in [-0.15, -0.1) is 0 Å². The van der Waals surface area contributed by atoms with Crippen LogP contribution in [0.15, 0.2) is 37.1 Å². The number of aryl methyl sites for hydroxylation is 1. The molecule has 0 aliphatic heterocycles. The van der Waals surface area contributed by atoms with Gasteiger partial charge in [0.2, 0.25) is 0 Å². The van der Waals surface area contributed by atoms with Crippen LogP contribution in [0.25, 0.3) is 5.52 Å². The van der Waals surface area contributed by atoms with Crippen LogP contribution in [0, 0.1) is 6.92 Å². The van der Waals surface area contributed by atoms with Gasteiger partial charge < -0.3 is 11.1 Å². The number of nitrogens with one attached hydrogen (secondary N) is 1. The van der Waals surface area contributed by atoms with Gasteiger partial charge in [-0.05, 0) is 18.6 Å². The highest BCUT2D eigenvalue weighted by Crippen LogP contribution is 2.15. The predicted octanol–water partition coefficient (Wildman–Crippen LogP) is 1.27. The molecule has 3 aromatic heterocycles. The summed E-state index contributed by atoms with van der Waals surface area (Å²) < 4.78 is 1.59. The number of hydrogen-bond acceptors (Lipinski definition) is 5. The lowest BCUT2D eigenvalue weighted by atomic mass is 10.2. The van der Waals surface area contributed by atoms with Crippen LogP contribution in [-0.4, -0.2) is 25.5 Å². The number of carbonyl (C=O) groups excluding carboxylic acids is 1. The van der Waals surface area contributed by atoms with Crippen molar-refractivity contribution in [3.63, 3.8) is 0 Å². The summed E-state index contributed by atoms with van der Waals surface area (Å²) in [5, 5.41) is 6.81. The van der Waals surface area contributed by atoms with E-state index in [0.717, 1.165) is 5.56 Å². The van der Waals surface area contributed by atoms with E-state index in [1.807, 2.05) is 6.92 Å². The van der Waals surface area contributed by atoms with Crippen molar-refractivity contribution in [2.75, 3.05) is 11.1 Å². The van der Waals surface area contributed by atoms with Crippen LogP contribution in [0.5, 0.6) is 0 Å².